The second kappa shape index (κ2) is 6.66. The van der Waals surface area contributed by atoms with Crippen LogP contribution in [-0.4, -0.2) is 31.4 Å². The zero-order chi connectivity index (χ0) is 17.3. The van der Waals surface area contributed by atoms with Crippen LogP contribution in [0.4, 0.5) is 0 Å². The van der Waals surface area contributed by atoms with E-state index >= 15 is 0 Å². The lowest BCUT2D eigenvalue weighted by atomic mass is 9.65. The molecular weight excluding hydrogens is 291 g/mol. The molecule has 0 saturated carbocycles. The zero-order valence-electron chi connectivity index (χ0n) is 15.0. The maximum atomic E-state index is 11.6. The maximum absolute atomic E-state index is 11.6. The van der Waals surface area contributed by atoms with Gasteiger partial charge in [0.25, 0.3) is 0 Å². The molecule has 5 heteroatoms. The Kier molecular flexibility index (Phi) is 5.22. The largest absolute Gasteiger partial charge is 0.465 e. The van der Waals surface area contributed by atoms with Gasteiger partial charge in [-0.1, -0.05) is 25.5 Å². The number of hydrogen-bond acceptors (Lipinski definition) is 4. The summed E-state index contributed by atoms with van der Waals surface area (Å²) in [6, 6.07) is 7.54. The number of esters is 1. The van der Waals surface area contributed by atoms with Crippen molar-refractivity contribution in [1.82, 2.24) is 0 Å². The summed E-state index contributed by atoms with van der Waals surface area (Å²) in [7, 11) is 1.12. The number of ether oxygens (including phenoxy) is 1. The summed E-state index contributed by atoms with van der Waals surface area (Å²) in [4.78, 5) is 11.6. The number of methoxy groups -OCH3 is 1. The molecule has 1 fully saturated rings. The maximum Gasteiger partial charge on any atom is 0.465 e. The van der Waals surface area contributed by atoms with Crippen LogP contribution in [0.1, 0.15) is 69.2 Å². The smallest absolute Gasteiger partial charge is 0.465 e. The minimum Gasteiger partial charge on any atom is -0.465 e. The lowest BCUT2D eigenvalue weighted by Crippen LogP contribution is -2.41. The fraction of sp³-hybridized carbons (Fsp3) is 0.611. The van der Waals surface area contributed by atoms with Crippen LogP contribution < -0.4 is 0 Å². The first kappa shape index (κ1) is 18.0. The van der Waals surface area contributed by atoms with Crippen LogP contribution in [0.2, 0.25) is 0 Å². The van der Waals surface area contributed by atoms with Crippen molar-refractivity contribution in [3.05, 3.63) is 35.4 Å². The van der Waals surface area contributed by atoms with Gasteiger partial charge in [0.1, 0.15) is 0 Å². The molecule has 1 aromatic rings. The zero-order valence-corrected chi connectivity index (χ0v) is 15.0. The summed E-state index contributed by atoms with van der Waals surface area (Å²) in [6.07, 6.45) is 2.00. The number of rotatable bonds is 5. The highest BCUT2D eigenvalue weighted by Gasteiger charge is 2.53. The van der Waals surface area contributed by atoms with Crippen LogP contribution in [0.3, 0.4) is 0 Å². The van der Waals surface area contributed by atoms with Crippen LogP contribution in [0.15, 0.2) is 24.3 Å². The molecule has 0 N–H and O–H groups in total. The third-order valence-corrected chi connectivity index (χ3v) is 4.96. The number of carbonyl (C=O) groups is 1. The molecule has 0 amide bonds. The number of hydrogen-bond donors (Lipinski definition) is 0. The Morgan fingerprint density at radius 3 is 2.09 bits per heavy atom. The van der Waals surface area contributed by atoms with Gasteiger partial charge >= 0.3 is 13.1 Å². The fourth-order valence-corrected chi connectivity index (χ4v) is 2.81. The molecule has 1 aromatic carbocycles. The molecule has 1 aliphatic rings. The third-order valence-electron chi connectivity index (χ3n) is 4.96. The molecule has 0 aliphatic carbocycles. The molecule has 2 rings (SSSR count). The predicted molar refractivity (Wildman–Crippen MR) is 91.5 cm³/mol. The molecule has 0 radical (unpaired) electrons. The molecule has 1 heterocycles. The number of carbonyl (C=O) groups excluding carboxylic acids is 1. The summed E-state index contributed by atoms with van der Waals surface area (Å²) in [5, 5.41) is 0. The van der Waals surface area contributed by atoms with E-state index in [-0.39, 0.29) is 30.1 Å². The monoisotopic (exact) mass is 318 g/mol. The molecule has 126 valence electrons. The highest BCUT2D eigenvalue weighted by molar-refractivity contribution is 6.47. The Morgan fingerprint density at radius 2 is 1.65 bits per heavy atom. The van der Waals surface area contributed by atoms with Gasteiger partial charge < -0.3 is 14.0 Å². The van der Waals surface area contributed by atoms with Gasteiger partial charge in [-0.15, -0.1) is 0 Å². The van der Waals surface area contributed by atoms with Gasteiger partial charge in [0, 0.05) is 5.82 Å². The molecule has 0 aromatic heterocycles. The molecule has 1 unspecified atom stereocenters. The van der Waals surface area contributed by atoms with E-state index in [1.165, 1.54) is 7.11 Å². The van der Waals surface area contributed by atoms with Gasteiger partial charge in [0.05, 0.1) is 23.9 Å². The summed E-state index contributed by atoms with van der Waals surface area (Å²) in [5.74, 6) is -0.174. The van der Waals surface area contributed by atoms with Crippen LogP contribution >= 0.6 is 0 Å². The molecule has 1 atom stereocenters. The van der Waals surface area contributed by atoms with E-state index in [2.05, 4.69) is 34.6 Å². The van der Waals surface area contributed by atoms with Crippen molar-refractivity contribution >= 4 is 13.1 Å². The van der Waals surface area contributed by atoms with Gasteiger partial charge in [0.15, 0.2) is 0 Å². The van der Waals surface area contributed by atoms with Gasteiger partial charge in [-0.3, -0.25) is 0 Å². The third kappa shape index (κ3) is 3.61. The summed E-state index contributed by atoms with van der Waals surface area (Å²) in [6.45, 7) is 10.4. The minimum absolute atomic E-state index is 0.146. The van der Waals surface area contributed by atoms with E-state index in [9.17, 15) is 4.79 Å². The average Bonchev–Trinajstić information content (AvgIpc) is 2.72. The lowest BCUT2D eigenvalue weighted by molar-refractivity contribution is 0.00578. The fourth-order valence-electron chi connectivity index (χ4n) is 2.81. The molecular formula is C18H27BO4. The topological polar surface area (TPSA) is 44.8 Å². The SMILES string of the molecule is CCCC(B1OC(C)(C)C(C)(C)O1)c1ccc(C(=O)OC)cc1. The Bertz CT molecular complexity index is 535. The van der Waals surface area contributed by atoms with Gasteiger partial charge in [-0.2, -0.15) is 0 Å². The highest BCUT2D eigenvalue weighted by atomic mass is 16.7. The first-order valence-electron chi connectivity index (χ1n) is 8.25. The van der Waals surface area contributed by atoms with Crippen molar-refractivity contribution in [1.29, 1.82) is 0 Å². The summed E-state index contributed by atoms with van der Waals surface area (Å²) in [5.41, 5.74) is 1.00. The van der Waals surface area contributed by atoms with E-state index in [0.717, 1.165) is 18.4 Å². The minimum atomic E-state index is -0.338. The van der Waals surface area contributed by atoms with Crippen LogP contribution in [0.25, 0.3) is 0 Å². The molecule has 23 heavy (non-hydrogen) atoms. The van der Waals surface area contributed by atoms with Gasteiger partial charge in [0.2, 0.25) is 0 Å². The Labute approximate surface area is 139 Å². The Hall–Kier alpha value is -1.33. The van der Waals surface area contributed by atoms with Crippen molar-refractivity contribution in [2.45, 2.75) is 64.5 Å². The van der Waals surface area contributed by atoms with Gasteiger partial charge in [-0.05, 0) is 51.8 Å². The number of benzene rings is 1. The van der Waals surface area contributed by atoms with Crippen molar-refractivity contribution in [2.24, 2.45) is 0 Å². The average molecular weight is 318 g/mol. The standard InChI is InChI=1S/C18H27BO4/c1-7-8-15(19-22-17(2,3)18(4,5)23-19)13-9-11-14(12-10-13)16(20)21-6/h9-12,15H,7-8H2,1-6H3. The lowest BCUT2D eigenvalue weighted by Gasteiger charge is -2.32. The van der Waals surface area contributed by atoms with Crippen molar-refractivity contribution < 1.29 is 18.8 Å². The molecule has 1 saturated heterocycles. The highest BCUT2D eigenvalue weighted by Crippen LogP contribution is 2.42. The van der Waals surface area contributed by atoms with E-state index < -0.39 is 0 Å². The second-order valence-electron chi connectivity index (χ2n) is 7.13. The normalized spacial score (nSPS) is 20.3. The van der Waals surface area contributed by atoms with E-state index in [1.807, 2.05) is 12.1 Å². The van der Waals surface area contributed by atoms with Crippen LogP contribution in [0.5, 0.6) is 0 Å². The molecule has 0 bridgehead atoms. The second-order valence-corrected chi connectivity index (χ2v) is 7.13. The quantitative estimate of drug-likeness (QED) is 0.608. The first-order valence-corrected chi connectivity index (χ1v) is 8.25. The van der Waals surface area contributed by atoms with E-state index in [0.29, 0.717) is 5.56 Å². The van der Waals surface area contributed by atoms with Crippen LogP contribution in [-0.2, 0) is 14.0 Å². The van der Waals surface area contributed by atoms with Crippen molar-refractivity contribution in [3.8, 4) is 0 Å². The van der Waals surface area contributed by atoms with Crippen molar-refractivity contribution in [3.63, 3.8) is 0 Å². The van der Waals surface area contributed by atoms with Crippen molar-refractivity contribution in [2.75, 3.05) is 7.11 Å². The Balaban J connectivity index is 2.24. The predicted octanol–water partition coefficient (Wildman–Crippen LogP) is 3.99. The molecule has 1 aliphatic heterocycles. The molecule has 4 nitrogen and oxygen atoms in total. The van der Waals surface area contributed by atoms with Crippen LogP contribution in [0, 0.1) is 0 Å². The summed E-state index contributed by atoms with van der Waals surface area (Å²) >= 11 is 0. The first-order chi connectivity index (χ1) is 10.7. The van der Waals surface area contributed by atoms with E-state index in [4.69, 9.17) is 14.0 Å². The van der Waals surface area contributed by atoms with E-state index in [1.54, 1.807) is 12.1 Å². The summed E-state index contributed by atoms with van der Waals surface area (Å²) < 4.78 is 17.2. The van der Waals surface area contributed by atoms with Gasteiger partial charge in [-0.25, -0.2) is 4.79 Å². The molecule has 0 spiro atoms. The Morgan fingerprint density at radius 1 is 1.13 bits per heavy atom.